The van der Waals surface area contributed by atoms with Gasteiger partial charge in [-0.2, -0.15) is 0 Å². The molecule has 2 unspecified atom stereocenters. The molecule has 0 radical (unpaired) electrons. The molecule has 0 spiro atoms. The van der Waals surface area contributed by atoms with E-state index in [1.165, 1.54) is 7.11 Å². The van der Waals surface area contributed by atoms with Crippen LogP contribution in [0.4, 0.5) is 0 Å². The molecule has 0 amide bonds. The Labute approximate surface area is 117 Å². The summed E-state index contributed by atoms with van der Waals surface area (Å²) >= 11 is 0. The molecule has 1 fully saturated rings. The Kier molecular flexibility index (Phi) is 6.27. The zero-order chi connectivity index (χ0) is 14.5. The van der Waals surface area contributed by atoms with E-state index in [-0.39, 0.29) is 12.1 Å². The number of hydrogen-bond acceptors (Lipinski definition) is 4. The number of esters is 1. The molecule has 1 rings (SSSR count). The van der Waals surface area contributed by atoms with Crippen molar-refractivity contribution in [2.75, 3.05) is 13.7 Å². The number of hydrogen-bond donors (Lipinski definition) is 1. The summed E-state index contributed by atoms with van der Waals surface area (Å²) in [5, 5.41) is 3.39. The first-order valence-electron chi connectivity index (χ1n) is 7.35. The van der Waals surface area contributed by atoms with E-state index in [2.05, 4.69) is 19.2 Å². The third-order valence-corrected chi connectivity index (χ3v) is 3.53. The van der Waals surface area contributed by atoms with Crippen LogP contribution in [-0.2, 0) is 14.3 Å². The van der Waals surface area contributed by atoms with E-state index in [4.69, 9.17) is 9.47 Å². The predicted molar refractivity (Wildman–Crippen MR) is 76.1 cm³/mol. The lowest BCUT2D eigenvalue weighted by Gasteiger charge is -2.31. The zero-order valence-electron chi connectivity index (χ0n) is 13.0. The SMILES string of the molecule is COC(=O)C(C)(CC(C)OCCC(C)C)NC1CC1. The number of methoxy groups -OCH3 is 1. The van der Waals surface area contributed by atoms with Gasteiger partial charge >= 0.3 is 5.97 Å². The van der Waals surface area contributed by atoms with Gasteiger partial charge in [-0.05, 0) is 39.0 Å². The van der Waals surface area contributed by atoms with E-state index >= 15 is 0 Å². The highest BCUT2D eigenvalue weighted by Gasteiger charge is 2.40. The molecule has 1 aliphatic carbocycles. The lowest BCUT2D eigenvalue weighted by atomic mass is 9.94. The van der Waals surface area contributed by atoms with Gasteiger partial charge in [-0.3, -0.25) is 10.1 Å². The van der Waals surface area contributed by atoms with Crippen molar-refractivity contribution in [3.8, 4) is 0 Å². The van der Waals surface area contributed by atoms with E-state index in [0.29, 0.717) is 18.4 Å². The minimum absolute atomic E-state index is 0.0501. The van der Waals surface area contributed by atoms with Crippen molar-refractivity contribution in [1.29, 1.82) is 0 Å². The van der Waals surface area contributed by atoms with Crippen molar-refractivity contribution >= 4 is 5.97 Å². The quantitative estimate of drug-likeness (QED) is 0.655. The molecule has 1 aliphatic rings. The number of carbonyl (C=O) groups is 1. The average molecular weight is 271 g/mol. The second kappa shape index (κ2) is 7.25. The van der Waals surface area contributed by atoms with E-state index in [0.717, 1.165) is 25.9 Å². The van der Waals surface area contributed by atoms with Crippen molar-refractivity contribution < 1.29 is 14.3 Å². The number of nitrogens with one attached hydrogen (secondary N) is 1. The normalized spacial score (nSPS) is 20.1. The van der Waals surface area contributed by atoms with Gasteiger partial charge < -0.3 is 9.47 Å². The minimum Gasteiger partial charge on any atom is -0.468 e. The summed E-state index contributed by atoms with van der Waals surface area (Å²) in [5.41, 5.74) is -0.632. The maximum Gasteiger partial charge on any atom is 0.325 e. The lowest BCUT2D eigenvalue weighted by molar-refractivity contribution is -0.149. The van der Waals surface area contributed by atoms with Crippen molar-refractivity contribution in [3.63, 3.8) is 0 Å². The zero-order valence-corrected chi connectivity index (χ0v) is 13.0. The van der Waals surface area contributed by atoms with E-state index in [1.54, 1.807) is 0 Å². The molecule has 4 nitrogen and oxygen atoms in total. The Morgan fingerprint density at radius 3 is 2.47 bits per heavy atom. The average Bonchev–Trinajstić information content (AvgIpc) is 3.10. The van der Waals surface area contributed by atoms with Crippen LogP contribution < -0.4 is 5.32 Å². The third-order valence-electron chi connectivity index (χ3n) is 3.53. The summed E-state index contributed by atoms with van der Waals surface area (Å²) in [5.74, 6) is 0.447. The maximum absolute atomic E-state index is 12.0. The van der Waals surface area contributed by atoms with Crippen LogP contribution in [0.2, 0.25) is 0 Å². The molecule has 0 heterocycles. The third kappa shape index (κ3) is 5.91. The highest BCUT2D eigenvalue weighted by Crippen LogP contribution is 2.26. The molecule has 4 heteroatoms. The Morgan fingerprint density at radius 2 is 2.00 bits per heavy atom. The second-order valence-electron chi connectivity index (χ2n) is 6.31. The molecular weight excluding hydrogens is 242 g/mol. The summed E-state index contributed by atoms with van der Waals surface area (Å²) in [6, 6.07) is 0.465. The fourth-order valence-corrected chi connectivity index (χ4v) is 2.24. The molecule has 0 aromatic heterocycles. The fraction of sp³-hybridized carbons (Fsp3) is 0.933. The Bertz CT molecular complexity index is 289. The van der Waals surface area contributed by atoms with Gasteiger partial charge in [-0.1, -0.05) is 13.8 Å². The van der Waals surface area contributed by atoms with Crippen molar-refractivity contribution in [2.24, 2.45) is 5.92 Å². The van der Waals surface area contributed by atoms with Crippen LogP contribution in [0.5, 0.6) is 0 Å². The molecule has 2 atom stereocenters. The fourth-order valence-electron chi connectivity index (χ4n) is 2.24. The van der Waals surface area contributed by atoms with Crippen LogP contribution in [0, 0.1) is 5.92 Å². The van der Waals surface area contributed by atoms with Crippen molar-refractivity contribution in [1.82, 2.24) is 5.32 Å². The molecule has 0 aromatic carbocycles. The smallest absolute Gasteiger partial charge is 0.325 e. The lowest BCUT2D eigenvalue weighted by Crippen LogP contribution is -2.53. The van der Waals surface area contributed by atoms with Gasteiger partial charge in [0.15, 0.2) is 0 Å². The summed E-state index contributed by atoms with van der Waals surface area (Å²) < 4.78 is 10.7. The predicted octanol–water partition coefficient (Wildman–Crippen LogP) is 2.51. The molecule has 0 bridgehead atoms. The first-order chi connectivity index (χ1) is 8.87. The highest BCUT2D eigenvalue weighted by molar-refractivity contribution is 5.80. The van der Waals surface area contributed by atoms with Gasteiger partial charge in [-0.15, -0.1) is 0 Å². The topological polar surface area (TPSA) is 47.6 Å². The maximum atomic E-state index is 12.0. The molecule has 1 saturated carbocycles. The summed E-state index contributed by atoms with van der Waals surface area (Å²) in [7, 11) is 1.44. The van der Waals surface area contributed by atoms with Gasteiger partial charge in [0, 0.05) is 19.1 Å². The minimum atomic E-state index is -0.632. The Balaban J connectivity index is 2.44. The Hall–Kier alpha value is -0.610. The van der Waals surface area contributed by atoms with Crippen molar-refractivity contribution in [3.05, 3.63) is 0 Å². The number of ether oxygens (including phenoxy) is 2. The van der Waals surface area contributed by atoms with Crippen molar-refractivity contribution in [2.45, 2.75) is 71.1 Å². The van der Waals surface area contributed by atoms with Gasteiger partial charge in [0.2, 0.25) is 0 Å². The van der Waals surface area contributed by atoms with Crippen LogP contribution in [0.3, 0.4) is 0 Å². The molecule has 112 valence electrons. The molecule has 19 heavy (non-hydrogen) atoms. The first-order valence-corrected chi connectivity index (χ1v) is 7.35. The van der Waals surface area contributed by atoms with Crippen LogP contribution in [0.25, 0.3) is 0 Å². The molecule has 0 aromatic rings. The van der Waals surface area contributed by atoms with Crippen LogP contribution in [-0.4, -0.2) is 37.4 Å². The number of carbonyl (C=O) groups excluding carboxylic acids is 1. The van der Waals surface area contributed by atoms with Crippen LogP contribution in [0.1, 0.15) is 53.4 Å². The highest BCUT2D eigenvalue weighted by atomic mass is 16.5. The standard InChI is InChI=1S/C15H29NO3/c1-11(2)8-9-19-12(3)10-15(4,14(17)18-5)16-13-6-7-13/h11-13,16H,6-10H2,1-5H3. The Morgan fingerprint density at radius 1 is 1.37 bits per heavy atom. The summed E-state index contributed by atoms with van der Waals surface area (Å²) in [6.07, 6.45) is 4.04. The first kappa shape index (κ1) is 16.4. The molecule has 0 saturated heterocycles. The summed E-state index contributed by atoms with van der Waals surface area (Å²) in [6.45, 7) is 9.05. The largest absolute Gasteiger partial charge is 0.468 e. The van der Waals surface area contributed by atoms with E-state index in [1.807, 2.05) is 13.8 Å². The van der Waals surface area contributed by atoms with Gasteiger partial charge in [0.1, 0.15) is 5.54 Å². The van der Waals surface area contributed by atoms with Crippen LogP contribution in [0.15, 0.2) is 0 Å². The summed E-state index contributed by atoms with van der Waals surface area (Å²) in [4.78, 5) is 12.0. The second-order valence-corrected chi connectivity index (χ2v) is 6.31. The van der Waals surface area contributed by atoms with E-state index < -0.39 is 5.54 Å². The molecule has 0 aliphatic heterocycles. The van der Waals surface area contributed by atoms with Gasteiger partial charge in [0.05, 0.1) is 13.2 Å². The molecule has 1 N–H and O–H groups in total. The van der Waals surface area contributed by atoms with Crippen LogP contribution >= 0.6 is 0 Å². The van der Waals surface area contributed by atoms with Gasteiger partial charge in [0.25, 0.3) is 0 Å². The molecular formula is C15H29NO3. The van der Waals surface area contributed by atoms with Gasteiger partial charge in [-0.25, -0.2) is 0 Å². The number of rotatable bonds is 9. The van der Waals surface area contributed by atoms with E-state index in [9.17, 15) is 4.79 Å². The monoisotopic (exact) mass is 271 g/mol.